The zero-order chi connectivity index (χ0) is 25.6. The van der Waals surface area contributed by atoms with Gasteiger partial charge in [-0.05, 0) is 25.8 Å². The molecule has 0 bridgehead atoms. The van der Waals surface area contributed by atoms with Gasteiger partial charge in [0.1, 0.15) is 12.1 Å². The lowest BCUT2D eigenvalue weighted by atomic mass is 9.98. The molecule has 4 aromatic rings. The predicted molar refractivity (Wildman–Crippen MR) is 139 cm³/mol. The highest BCUT2D eigenvalue weighted by molar-refractivity contribution is 6.29. The minimum atomic E-state index is -0.0790. The van der Waals surface area contributed by atoms with Crippen LogP contribution in [0.15, 0.2) is 35.4 Å². The normalized spacial score (nSPS) is 19.7. The second-order valence-electron chi connectivity index (χ2n) is 9.42. The van der Waals surface area contributed by atoms with Gasteiger partial charge in [-0.15, -0.1) is 0 Å². The Labute approximate surface area is 214 Å². The van der Waals surface area contributed by atoms with Gasteiger partial charge < -0.3 is 9.47 Å². The van der Waals surface area contributed by atoms with Crippen molar-refractivity contribution in [2.24, 2.45) is 7.05 Å². The molecule has 36 heavy (non-hydrogen) atoms. The lowest BCUT2D eigenvalue weighted by Gasteiger charge is -2.49. The minimum Gasteiger partial charge on any atom is -0.364 e. The Kier molecular flexibility index (Phi) is 6.45. The van der Waals surface area contributed by atoms with Gasteiger partial charge in [0, 0.05) is 56.6 Å². The molecule has 4 aromatic heterocycles. The molecule has 0 saturated carbocycles. The monoisotopic (exact) mass is 507 g/mol. The summed E-state index contributed by atoms with van der Waals surface area (Å²) in [6, 6.07) is 8.16. The number of nitrogens with zero attached hydrogens (tertiary/aromatic N) is 9. The van der Waals surface area contributed by atoms with Gasteiger partial charge >= 0.3 is 0 Å². The number of hydrogen-bond donors (Lipinski definition) is 0. The summed E-state index contributed by atoms with van der Waals surface area (Å²) in [5, 5.41) is 18.5. The fraction of sp³-hybridized carbons (Fsp3) is 0.480. The van der Waals surface area contributed by atoms with E-state index in [-0.39, 0.29) is 30.2 Å². The van der Waals surface area contributed by atoms with Crippen LogP contribution >= 0.6 is 11.6 Å². The summed E-state index contributed by atoms with van der Waals surface area (Å²) in [6.07, 6.45) is 5.56. The van der Waals surface area contributed by atoms with Crippen molar-refractivity contribution in [2.45, 2.75) is 58.3 Å². The van der Waals surface area contributed by atoms with Crippen LogP contribution in [0.25, 0.3) is 16.7 Å². The van der Waals surface area contributed by atoms with E-state index in [2.05, 4.69) is 46.8 Å². The molecule has 1 aliphatic heterocycles. The zero-order valence-corrected chi connectivity index (χ0v) is 21.7. The number of halogens is 1. The number of rotatable bonds is 6. The first-order chi connectivity index (χ1) is 17.3. The number of pyridine rings is 1. The van der Waals surface area contributed by atoms with Crippen LogP contribution in [0, 0.1) is 11.3 Å². The first-order valence-corrected chi connectivity index (χ1v) is 12.7. The Balaban J connectivity index is 1.50. The van der Waals surface area contributed by atoms with Crippen molar-refractivity contribution in [3.05, 3.63) is 51.8 Å². The molecule has 1 aliphatic rings. The maximum absolute atomic E-state index is 12.9. The first kappa shape index (κ1) is 24.3. The summed E-state index contributed by atoms with van der Waals surface area (Å²) in [7, 11) is 1.75. The highest BCUT2D eigenvalue weighted by Gasteiger charge is 2.36. The number of piperazine rings is 1. The number of nitriles is 1. The lowest BCUT2D eigenvalue weighted by Crippen LogP contribution is -2.59. The summed E-state index contributed by atoms with van der Waals surface area (Å²) in [6.45, 7) is 8.32. The van der Waals surface area contributed by atoms with Gasteiger partial charge in [-0.3, -0.25) is 14.4 Å². The van der Waals surface area contributed by atoms with Crippen LogP contribution in [-0.4, -0.2) is 59.0 Å². The van der Waals surface area contributed by atoms with Gasteiger partial charge in [-0.25, -0.2) is 9.50 Å². The SMILES string of the molecule is CC[C@H]1CN(C(C)c2ccn3nc(Cl)cc3n2)[C@H](CC)CN1c1cc(=O)n(C)c2cn(CC#N)nc12. The Morgan fingerprint density at radius 2 is 1.97 bits per heavy atom. The number of fused-ring (bicyclic) bond motifs is 2. The third-order valence-corrected chi connectivity index (χ3v) is 7.59. The summed E-state index contributed by atoms with van der Waals surface area (Å²) in [4.78, 5) is 22.6. The molecule has 10 nitrogen and oxygen atoms in total. The summed E-state index contributed by atoms with van der Waals surface area (Å²) in [5.41, 5.74) is 3.97. The van der Waals surface area contributed by atoms with E-state index in [0.29, 0.717) is 5.15 Å². The molecule has 0 radical (unpaired) electrons. The van der Waals surface area contributed by atoms with Crippen molar-refractivity contribution in [2.75, 3.05) is 18.0 Å². The highest BCUT2D eigenvalue weighted by Crippen LogP contribution is 2.34. The smallest absolute Gasteiger partial charge is 0.252 e. The zero-order valence-electron chi connectivity index (χ0n) is 21.0. The summed E-state index contributed by atoms with van der Waals surface area (Å²) < 4.78 is 4.89. The fourth-order valence-electron chi connectivity index (χ4n) is 5.33. The highest BCUT2D eigenvalue weighted by atomic mass is 35.5. The number of hydrogen-bond acceptors (Lipinski definition) is 7. The molecule has 0 amide bonds. The summed E-state index contributed by atoms with van der Waals surface area (Å²) >= 11 is 6.07. The van der Waals surface area contributed by atoms with Crippen LogP contribution in [0.4, 0.5) is 5.69 Å². The topological polar surface area (TPSA) is 100 Å². The first-order valence-electron chi connectivity index (χ1n) is 12.3. The van der Waals surface area contributed by atoms with Gasteiger partial charge in [-0.1, -0.05) is 25.4 Å². The quantitative estimate of drug-likeness (QED) is 0.394. The van der Waals surface area contributed by atoms with Gasteiger partial charge in [0.05, 0.1) is 29.2 Å². The van der Waals surface area contributed by atoms with E-state index in [1.165, 1.54) is 0 Å². The second-order valence-corrected chi connectivity index (χ2v) is 9.80. The molecular weight excluding hydrogens is 478 g/mol. The second kappa shape index (κ2) is 9.56. The Bertz CT molecular complexity index is 1510. The molecule has 0 spiro atoms. The van der Waals surface area contributed by atoms with Crippen LogP contribution < -0.4 is 10.5 Å². The molecule has 188 valence electrons. The standard InChI is InChI=1S/C25H30ClN9O/c1-5-17-14-34(20-11-24(36)31(4)21-15-32(10-8-27)30-25(20)21)18(6-2)13-33(17)16(3)19-7-9-35-23(28-19)12-22(26)29-35/h7,9,11-12,15-18H,5-6,10,13-14H2,1-4H3/t16?,17-,18+/m1/s1. The molecule has 3 atom stereocenters. The van der Waals surface area contributed by atoms with E-state index in [1.54, 1.807) is 39.1 Å². The molecule has 5 rings (SSSR count). The van der Waals surface area contributed by atoms with E-state index in [9.17, 15) is 4.79 Å². The van der Waals surface area contributed by atoms with Crippen LogP contribution in [0.1, 0.15) is 45.3 Å². The molecule has 11 heteroatoms. The van der Waals surface area contributed by atoms with Crippen LogP contribution in [0.5, 0.6) is 0 Å². The molecule has 0 aliphatic carbocycles. The molecule has 1 saturated heterocycles. The van der Waals surface area contributed by atoms with E-state index < -0.39 is 0 Å². The maximum atomic E-state index is 12.9. The minimum absolute atomic E-state index is 0.0790. The van der Waals surface area contributed by atoms with Crippen LogP contribution in [-0.2, 0) is 13.6 Å². The Morgan fingerprint density at radius 1 is 1.19 bits per heavy atom. The number of anilines is 1. The molecular formula is C25H30ClN9O. The van der Waals surface area contributed by atoms with Crippen LogP contribution in [0.3, 0.4) is 0 Å². The van der Waals surface area contributed by atoms with E-state index in [1.807, 2.05) is 12.3 Å². The van der Waals surface area contributed by atoms with E-state index in [4.69, 9.17) is 21.8 Å². The molecule has 0 aromatic carbocycles. The summed E-state index contributed by atoms with van der Waals surface area (Å²) in [5.74, 6) is 0. The van der Waals surface area contributed by atoms with Gasteiger partial charge in [-0.2, -0.15) is 15.5 Å². The van der Waals surface area contributed by atoms with Crippen molar-refractivity contribution in [3.63, 3.8) is 0 Å². The molecule has 1 unspecified atom stereocenters. The van der Waals surface area contributed by atoms with Crippen molar-refractivity contribution in [1.29, 1.82) is 5.26 Å². The Hall–Kier alpha value is -3.42. The molecule has 0 N–H and O–H groups in total. The van der Waals surface area contributed by atoms with Crippen molar-refractivity contribution < 1.29 is 0 Å². The molecule has 1 fully saturated rings. The average Bonchev–Trinajstić information content (AvgIpc) is 3.47. The van der Waals surface area contributed by atoms with Gasteiger partial charge in [0.15, 0.2) is 10.8 Å². The largest absolute Gasteiger partial charge is 0.364 e. The molecule has 5 heterocycles. The van der Waals surface area contributed by atoms with Crippen molar-refractivity contribution in [1.82, 2.24) is 33.8 Å². The van der Waals surface area contributed by atoms with E-state index >= 15 is 0 Å². The van der Waals surface area contributed by atoms with Crippen molar-refractivity contribution >= 4 is 34.0 Å². The van der Waals surface area contributed by atoms with Crippen molar-refractivity contribution in [3.8, 4) is 6.07 Å². The lowest BCUT2D eigenvalue weighted by molar-refractivity contribution is 0.0992. The number of aromatic nitrogens is 6. The van der Waals surface area contributed by atoms with Gasteiger partial charge in [0.25, 0.3) is 5.56 Å². The van der Waals surface area contributed by atoms with E-state index in [0.717, 1.165) is 54.0 Å². The maximum Gasteiger partial charge on any atom is 0.252 e. The average molecular weight is 508 g/mol. The van der Waals surface area contributed by atoms with Gasteiger partial charge in [0.2, 0.25) is 0 Å². The Morgan fingerprint density at radius 3 is 2.69 bits per heavy atom. The van der Waals surface area contributed by atoms with Crippen LogP contribution in [0.2, 0.25) is 5.15 Å². The fourth-order valence-corrected chi connectivity index (χ4v) is 5.51. The third-order valence-electron chi connectivity index (χ3n) is 7.40. The number of aryl methyl sites for hydroxylation is 1. The third kappa shape index (κ3) is 4.12. The predicted octanol–water partition coefficient (Wildman–Crippen LogP) is 3.40.